The fourth-order valence-electron chi connectivity index (χ4n) is 0.471. The predicted octanol–water partition coefficient (Wildman–Crippen LogP) is 1.28. The van der Waals surface area contributed by atoms with Crippen LogP contribution >= 0.6 is 11.8 Å². The highest BCUT2D eigenvalue weighted by atomic mass is 32.2. The van der Waals surface area contributed by atoms with E-state index in [9.17, 15) is 4.79 Å². The van der Waals surface area contributed by atoms with Crippen LogP contribution in [0.25, 0.3) is 0 Å². The van der Waals surface area contributed by atoms with Gasteiger partial charge in [-0.1, -0.05) is 25.6 Å². The normalized spacial score (nSPS) is 16.4. The Morgan fingerprint density at radius 2 is 2.10 bits per heavy atom. The first-order valence-electron chi connectivity index (χ1n) is 3.44. The van der Waals surface area contributed by atoms with Gasteiger partial charge < -0.3 is 5.11 Å². The van der Waals surface area contributed by atoms with Crippen molar-refractivity contribution in [3.05, 3.63) is 0 Å². The fraction of sp³-hybridized carbons (Fsp3) is 0.857. The third-order valence-corrected chi connectivity index (χ3v) is 2.33. The lowest BCUT2D eigenvalue weighted by atomic mass is 10.1. The first-order chi connectivity index (χ1) is 4.59. The Kier molecular flexibility index (Phi) is 4.73. The minimum atomic E-state index is -0.522. The number of rotatable bonds is 3. The van der Waals surface area contributed by atoms with Gasteiger partial charge >= 0.3 is 0 Å². The van der Waals surface area contributed by atoms with Crippen molar-refractivity contribution in [3.8, 4) is 0 Å². The third-order valence-electron chi connectivity index (χ3n) is 1.38. The van der Waals surface area contributed by atoms with Crippen LogP contribution in [0.4, 0.5) is 0 Å². The molecule has 3 heteroatoms. The number of thioether (sulfide) groups is 1. The van der Waals surface area contributed by atoms with Gasteiger partial charge in [-0.2, -0.15) is 0 Å². The first-order valence-corrected chi connectivity index (χ1v) is 4.42. The summed E-state index contributed by atoms with van der Waals surface area (Å²) < 4.78 is 0. The van der Waals surface area contributed by atoms with E-state index in [-0.39, 0.29) is 11.0 Å². The van der Waals surface area contributed by atoms with Crippen molar-refractivity contribution < 1.29 is 9.90 Å². The Morgan fingerprint density at radius 3 is 2.40 bits per heavy atom. The summed E-state index contributed by atoms with van der Waals surface area (Å²) in [4.78, 5) is 11.0. The molecule has 0 saturated heterocycles. The molecule has 60 valence electrons. The molecule has 0 heterocycles. The second-order valence-corrected chi connectivity index (χ2v) is 3.55. The average Bonchev–Trinajstić information content (AvgIpc) is 1.87. The summed E-state index contributed by atoms with van der Waals surface area (Å²) in [7, 11) is 0. The van der Waals surface area contributed by atoms with E-state index in [1.807, 2.05) is 6.92 Å². The van der Waals surface area contributed by atoms with Gasteiger partial charge in [0.15, 0.2) is 5.12 Å². The molecule has 0 aromatic heterocycles. The van der Waals surface area contributed by atoms with Gasteiger partial charge in [0.2, 0.25) is 0 Å². The van der Waals surface area contributed by atoms with Crippen molar-refractivity contribution >= 4 is 16.9 Å². The lowest BCUT2D eigenvalue weighted by Crippen LogP contribution is -2.20. The van der Waals surface area contributed by atoms with E-state index in [4.69, 9.17) is 5.11 Å². The van der Waals surface area contributed by atoms with Gasteiger partial charge in [0.25, 0.3) is 0 Å². The second kappa shape index (κ2) is 4.74. The van der Waals surface area contributed by atoms with Crippen LogP contribution in [0, 0.1) is 5.92 Å². The van der Waals surface area contributed by atoms with Gasteiger partial charge in [0.1, 0.15) is 0 Å². The van der Waals surface area contributed by atoms with Gasteiger partial charge in [-0.3, -0.25) is 4.79 Å². The molecular weight excluding hydrogens is 148 g/mol. The van der Waals surface area contributed by atoms with E-state index in [1.165, 1.54) is 11.8 Å². The van der Waals surface area contributed by atoms with Crippen LogP contribution in [0.3, 0.4) is 0 Å². The highest BCUT2D eigenvalue weighted by Crippen LogP contribution is 2.13. The van der Waals surface area contributed by atoms with Crippen molar-refractivity contribution in [3.63, 3.8) is 0 Å². The zero-order valence-corrected chi connectivity index (χ0v) is 7.44. The maximum Gasteiger partial charge on any atom is 0.194 e. The first kappa shape index (κ1) is 9.98. The topological polar surface area (TPSA) is 37.3 Å². The minimum Gasteiger partial charge on any atom is -0.393 e. The van der Waals surface area contributed by atoms with Gasteiger partial charge in [0, 0.05) is 0 Å². The largest absolute Gasteiger partial charge is 0.393 e. The summed E-state index contributed by atoms with van der Waals surface area (Å²) in [5.74, 6) is 0.556. The number of carbonyl (C=O) groups excluding carboxylic acids is 1. The highest BCUT2D eigenvalue weighted by Gasteiger charge is 2.17. The molecule has 2 nitrogen and oxygen atoms in total. The molecule has 0 unspecified atom stereocenters. The average molecular weight is 162 g/mol. The molecule has 0 radical (unpaired) electrons. The zero-order chi connectivity index (χ0) is 8.15. The molecule has 2 atom stereocenters. The molecule has 0 aliphatic carbocycles. The fourth-order valence-corrected chi connectivity index (χ4v) is 1.21. The number of hydrogen-bond acceptors (Lipinski definition) is 3. The Balaban J connectivity index is 3.71. The summed E-state index contributed by atoms with van der Waals surface area (Å²) in [6.45, 7) is 5.31. The zero-order valence-electron chi connectivity index (χ0n) is 6.63. The van der Waals surface area contributed by atoms with Crippen molar-refractivity contribution in [2.24, 2.45) is 5.92 Å². The Labute approximate surface area is 66.0 Å². The molecule has 0 aliphatic heterocycles. The monoisotopic (exact) mass is 162 g/mol. The van der Waals surface area contributed by atoms with Crippen molar-refractivity contribution in [2.75, 3.05) is 5.75 Å². The van der Waals surface area contributed by atoms with E-state index < -0.39 is 6.10 Å². The van der Waals surface area contributed by atoms with Crippen molar-refractivity contribution in [2.45, 2.75) is 26.9 Å². The van der Waals surface area contributed by atoms with E-state index in [0.29, 0.717) is 0 Å². The van der Waals surface area contributed by atoms with Gasteiger partial charge in [-0.05, 0) is 12.7 Å². The summed E-state index contributed by atoms with van der Waals surface area (Å²) in [5.41, 5.74) is 0. The van der Waals surface area contributed by atoms with Crippen molar-refractivity contribution in [1.82, 2.24) is 0 Å². The molecule has 0 amide bonds. The van der Waals surface area contributed by atoms with Crippen LogP contribution in [0.1, 0.15) is 20.8 Å². The molecule has 0 aliphatic rings. The van der Waals surface area contributed by atoms with Crippen LogP contribution in [0.5, 0.6) is 0 Å². The summed E-state index contributed by atoms with van der Waals surface area (Å²) in [6.07, 6.45) is -0.522. The number of aliphatic hydroxyl groups excluding tert-OH is 1. The molecule has 0 aromatic rings. The Morgan fingerprint density at radius 1 is 1.60 bits per heavy atom. The Hall–Kier alpha value is -0.0200. The maximum absolute atomic E-state index is 11.0. The quantitative estimate of drug-likeness (QED) is 0.679. The molecular formula is C7H14O2S. The minimum absolute atomic E-state index is 0.0810. The van der Waals surface area contributed by atoms with E-state index >= 15 is 0 Å². The number of hydrogen-bond donors (Lipinski definition) is 1. The van der Waals surface area contributed by atoms with E-state index in [2.05, 4.69) is 0 Å². The summed E-state index contributed by atoms with van der Waals surface area (Å²) in [5, 5.41) is 9.06. The number of carbonyl (C=O) groups is 1. The van der Waals surface area contributed by atoms with Gasteiger partial charge in [-0.15, -0.1) is 0 Å². The van der Waals surface area contributed by atoms with E-state index in [1.54, 1.807) is 13.8 Å². The summed E-state index contributed by atoms with van der Waals surface area (Å²) >= 11 is 1.27. The predicted molar refractivity (Wildman–Crippen MR) is 44.0 cm³/mol. The van der Waals surface area contributed by atoms with Crippen LogP contribution in [-0.2, 0) is 4.79 Å². The van der Waals surface area contributed by atoms with Crippen molar-refractivity contribution in [1.29, 1.82) is 0 Å². The van der Waals surface area contributed by atoms with E-state index in [0.717, 1.165) is 5.75 Å². The molecule has 0 spiro atoms. The highest BCUT2D eigenvalue weighted by molar-refractivity contribution is 8.13. The molecule has 10 heavy (non-hydrogen) atoms. The standard InChI is InChI=1S/C7H14O2S/c1-4-10-7(9)5(2)6(3)8/h5-6,8H,4H2,1-3H3/t5-,6-/m0/s1. The number of aliphatic hydroxyl groups is 1. The van der Waals surface area contributed by atoms with Gasteiger partial charge in [-0.25, -0.2) is 0 Å². The lowest BCUT2D eigenvalue weighted by Gasteiger charge is -2.11. The maximum atomic E-state index is 11.0. The molecule has 0 bridgehead atoms. The second-order valence-electron chi connectivity index (χ2n) is 2.28. The third kappa shape index (κ3) is 3.22. The molecule has 0 aromatic carbocycles. The lowest BCUT2D eigenvalue weighted by molar-refractivity contribution is -0.116. The summed E-state index contributed by atoms with van der Waals surface area (Å²) in [6, 6.07) is 0. The van der Waals surface area contributed by atoms with Crippen LogP contribution < -0.4 is 0 Å². The Bertz CT molecular complexity index is 112. The molecule has 0 saturated carbocycles. The smallest absolute Gasteiger partial charge is 0.194 e. The molecule has 0 fully saturated rings. The molecule has 0 rings (SSSR count). The van der Waals surface area contributed by atoms with Crippen LogP contribution in [0.15, 0.2) is 0 Å². The van der Waals surface area contributed by atoms with Crippen LogP contribution in [-0.4, -0.2) is 22.1 Å². The molecule has 1 N–H and O–H groups in total. The SMILES string of the molecule is CCSC(=O)[C@@H](C)[C@H](C)O. The van der Waals surface area contributed by atoms with Gasteiger partial charge in [0.05, 0.1) is 12.0 Å². The van der Waals surface area contributed by atoms with Crippen LogP contribution in [0.2, 0.25) is 0 Å².